The smallest absolute Gasteiger partial charge is 0.0353 e. The average Bonchev–Trinajstić information content (AvgIpc) is 2.72. The first-order chi connectivity index (χ1) is 14.0. The van der Waals surface area contributed by atoms with Gasteiger partial charge in [-0.05, 0) is 69.4 Å². The molecule has 0 aromatic heterocycles. The zero-order valence-electron chi connectivity index (χ0n) is 17.4. The van der Waals surface area contributed by atoms with Crippen molar-refractivity contribution >= 4 is 68.6 Å². The quantitative estimate of drug-likeness (QED) is 0.331. The van der Waals surface area contributed by atoms with Gasteiger partial charge in [0.15, 0.2) is 0 Å². The van der Waals surface area contributed by atoms with Crippen molar-refractivity contribution in [2.45, 2.75) is 69.5 Å². The first kappa shape index (κ1) is 22.8. The van der Waals surface area contributed by atoms with Crippen molar-refractivity contribution in [3.63, 3.8) is 0 Å². The number of nitrogens with one attached hydrogen (secondary N) is 2. The highest BCUT2D eigenvalue weighted by Crippen LogP contribution is 2.54. The molecule has 2 N–H and O–H groups in total. The van der Waals surface area contributed by atoms with Crippen LogP contribution in [0.15, 0.2) is 0 Å². The van der Waals surface area contributed by atoms with Gasteiger partial charge in [0, 0.05) is 125 Å². The Morgan fingerprint density at radius 2 is 1.55 bits per heavy atom. The van der Waals surface area contributed by atoms with Gasteiger partial charge in [-0.3, -0.25) is 0 Å². The monoisotopic (exact) mass is 739 g/mol. The summed E-state index contributed by atoms with van der Waals surface area (Å²) in [5.41, 5.74) is 1.12. The van der Waals surface area contributed by atoms with E-state index in [9.17, 15) is 0 Å². The summed E-state index contributed by atoms with van der Waals surface area (Å²) in [5, 5.41) is 7.58. The van der Waals surface area contributed by atoms with Gasteiger partial charge in [-0.25, -0.2) is 9.34 Å². The predicted octanol–water partition coefficient (Wildman–Crippen LogP) is 4.01. The number of rotatable bonds is 2. The van der Waals surface area contributed by atoms with Crippen LogP contribution in [0.4, 0.5) is 0 Å². The lowest BCUT2D eigenvalue weighted by atomic mass is 9.56. The molecule has 5 nitrogen and oxygen atoms in total. The predicted molar refractivity (Wildman–Crippen MR) is 145 cm³/mol. The zero-order chi connectivity index (χ0) is 20.1. The Balaban J connectivity index is 1.38. The summed E-state index contributed by atoms with van der Waals surface area (Å²) in [4.78, 5) is 0. The summed E-state index contributed by atoms with van der Waals surface area (Å²) in [6.07, 6.45) is 11.2. The van der Waals surface area contributed by atoms with Crippen molar-refractivity contribution in [1.82, 2.24) is 20.0 Å². The molecule has 0 bridgehead atoms. The van der Waals surface area contributed by atoms with Crippen molar-refractivity contribution in [3.05, 3.63) is 0 Å². The van der Waals surface area contributed by atoms with Crippen molar-refractivity contribution in [1.29, 1.82) is 0 Å². The summed E-state index contributed by atoms with van der Waals surface area (Å²) in [7, 11) is 0. The summed E-state index contributed by atoms with van der Waals surface area (Å²) < 4.78 is 7.99. The molecule has 5 aliphatic rings. The second-order valence-electron chi connectivity index (χ2n) is 10.4. The molecule has 0 aromatic carbocycles. The van der Waals surface area contributed by atoms with Crippen LogP contribution >= 0.6 is 68.6 Å². The van der Waals surface area contributed by atoms with Gasteiger partial charge in [0.25, 0.3) is 0 Å². The van der Waals surface area contributed by atoms with Crippen LogP contribution in [0.2, 0.25) is 0 Å². The standard InChI is InChI=1S/C21H36I3N5/c22-27-11-6-20(4-8-25-9-5-20)16(14-27)18-13-21(7-12-29(18)24)15-26-19(21)17-3-1-2-10-28(17)23/h16-19,25-26H,1-15H2. The number of hydrogen-bond acceptors (Lipinski definition) is 5. The fraction of sp³-hybridized carbons (Fsp3) is 1.00. The molecule has 5 unspecified atom stereocenters. The highest BCUT2D eigenvalue weighted by molar-refractivity contribution is 14.1. The van der Waals surface area contributed by atoms with E-state index in [4.69, 9.17) is 0 Å². The number of nitrogens with zero attached hydrogens (tertiary/aromatic N) is 3. The molecule has 0 saturated carbocycles. The third kappa shape index (κ3) is 4.29. The van der Waals surface area contributed by atoms with Crippen LogP contribution in [-0.2, 0) is 0 Å². The van der Waals surface area contributed by atoms with E-state index in [1.807, 2.05) is 0 Å². The Hall–Kier alpha value is 1.99. The van der Waals surface area contributed by atoms with E-state index in [1.54, 1.807) is 0 Å². The number of piperidine rings is 4. The summed E-state index contributed by atoms with van der Waals surface area (Å²) in [6, 6.07) is 2.21. The van der Waals surface area contributed by atoms with Gasteiger partial charge in [0.05, 0.1) is 0 Å². The van der Waals surface area contributed by atoms with E-state index in [2.05, 4.69) is 88.6 Å². The van der Waals surface area contributed by atoms with Gasteiger partial charge in [-0.1, -0.05) is 6.42 Å². The van der Waals surface area contributed by atoms with Gasteiger partial charge in [0.2, 0.25) is 0 Å². The average molecular weight is 739 g/mol. The molecule has 5 saturated heterocycles. The maximum absolute atomic E-state index is 3.93. The van der Waals surface area contributed by atoms with E-state index < -0.39 is 0 Å². The van der Waals surface area contributed by atoms with Crippen molar-refractivity contribution in [3.8, 4) is 0 Å². The highest BCUT2D eigenvalue weighted by atomic mass is 127. The molecule has 0 radical (unpaired) electrons. The molecule has 5 heterocycles. The summed E-state index contributed by atoms with van der Waals surface area (Å²) in [5.74, 6) is 0.827. The van der Waals surface area contributed by atoms with Crippen LogP contribution in [0, 0.1) is 16.7 Å². The second-order valence-corrected chi connectivity index (χ2v) is 14.2. The minimum Gasteiger partial charge on any atom is -0.317 e. The molecule has 0 aliphatic carbocycles. The first-order valence-electron chi connectivity index (χ1n) is 11.7. The lowest BCUT2D eigenvalue weighted by Crippen LogP contribution is -2.73. The van der Waals surface area contributed by atoms with Crippen molar-refractivity contribution in [2.24, 2.45) is 16.7 Å². The van der Waals surface area contributed by atoms with Crippen molar-refractivity contribution < 1.29 is 0 Å². The van der Waals surface area contributed by atoms with Crippen LogP contribution in [0.1, 0.15) is 51.4 Å². The van der Waals surface area contributed by atoms with Crippen molar-refractivity contribution in [2.75, 3.05) is 45.8 Å². The van der Waals surface area contributed by atoms with Gasteiger partial charge in [-0.2, -0.15) is 0 Å². The summed E-state index contributed by atoms with van der Waals surface area (Å²) >= 11 is 7.92. The number of hydrogen-bond donors (Lipinski definition) is 2. The minimum atomic E-state index is 0.541. The molecule has 0 aromatic rings. The largest absolute Gasteiger partial charge is 0.317 e. The Morgan fingerprint density at radius 1 is 0.793 bits per heavy atom. The van der Waals surface area contributed by atoms with Gasteiger partial charge in [-0.15, -0.1) is 0 Å². The van der Waals surface area contributed by atoms with Gasteiger partial charge >= 0.3 is 0 Å². The van der Waals surface area contributed by atoms with Crippen LogP contribution in [0.25, 0.3) is 0 Å². The topological polar surface area (TPSA) is 33.8 Å². The lowest BCUT2D eigenvalue weighted by Gasteiger charge is -2.62. The Labute approximate surface area is 218 Å². The Bertz CT molecular complexity index is 589. The normalized spacial score (nSPS) is 44.8. The molecule has 29 heavy (non-hydrogen) atoms. The molecular weight excluding hydrogens is 703 g/mol. The van der Waals surface area contributed by atoms with Crippen LogP contribution in [0.3, 0.4) is 0 Å². The molecule has 8 heteroatoms. The first-order valence-corrected chi connectivity index (χ1v) is 14.6. The van der Waals surface area contributed by atoms with Gasteiger partial charge < -0.3 is 10.6 Å². The van der Waals surface area contributed by atoms with Crippen LogP contribution < -0.4 is 10.6 Å². The molecular formula is C21H36I3N5. The number of halogens is 3. The lowest BCUT2D eigenvalue weighted by molar-refractivity contribution is -0.0683. The second kappa shape index (κ2) is 9.32. The van der Waals surface area contributed by atoms with E-state index >= 15 is 0 Å². The van der Waals surface area contributed by atoms with E-state index in [-0.39, 0.29) is 0 Å². The van der Waals surface area contributed by atoms with Crippen LogP contribution in [-0.4, -0.2) is 73.3 Å². The Kier molecular flexibility index (Phi) is 7.32. The van der Waals surface area contributed by atoms with E-state index in [0.29, 0.717) is 10.8 Å². The van der Waals surface area contributed by atoms with E-state index in [0.717, 1.165) is 24.0 Å². The minimum absolute atomic E-state index is 0.541. The molecule has 0 amide bonds. The summed E-state index contributed by atoms with van der Waals surface area (Å²) in [6.45, 7) is 8.86. The highest BCUT2D eigenvalue weighted by Gasteiger charge is 2.57. The zero-order valence-corrected chi connectivity index (χ0v) is 23.9. The molecule has 166 valence electrons. The fourth-order valence-corrected chi connectivity index (χ4v) is 9.73. The van der Waals surface area contributed by atoms with E-state index in [1.165, 1.54) is 97.2 Å². The molecule has 5 atom stereocenters. The Morgan fingerprint density at radius 3 is 2.28 bits per heavy atom. The SMILES string of the molecule is IN1CCC2(CCNCC2)C(C2CC3(CCN2I)CNC3C2CCCCN2I)C1. The maximum Gasteiger partial charge on any atom is 0.0353 e. The fourth-order valence-electron chi connectivity index (χ4n) is 7.30. The molecule has 5 aliphatic heterocycles. The molecule has 5 fully saturated rings. The maximum atomic E-state index is 3.93. The van der Waals surface area contributed by atoms with Gasteiger partial charge in [0.1, 0.15) is 0 Å². The third-order valence-corrected chi connectivity index (χ3v) is 12.4. The molecule has 5 rings (SSSR count). The third-order valence-electron chi connectivity index (χ3n) is 9.10. The van der Waals surface area contributed by atoms with Crippen LogP contribution in [0.5, 0.6) is 0 Å². The molecule has 2 spiro atoms.